The third-order valence-corrected chi connectivity index (χ3v) is 5.06. The van der Waals surface area contributed by atoms with Gasteiger partial charge in [-0.3, -0.25) is 0 Å². The summed E-state index contributed by atoms with van der Waals surface area (Å²) in [6.45, 7) is 3.15. The lowest BCUT2D eigenvalue weighted by Crippen LogP contribution is -2.26. The van der Waals surface area contributed by atoms with Crippen LogP contribution in [-0.4, -0.2) is 24.6 Å². The molecule has 0 saturated carbocycles. The van der Waals surface area contributed by atoms with Gasteiger partial charge in [0.15, 0.2) is 0 Å². The Kier molecular flexibility index (Phi) is 4.55. The summed E-state index contributed by atoms with van der Waals surface area (Å²) in [5, 5.41) is 4.69. The SMILES string of the molecule is COC(=O)c1cccc(-c2nc([C@H]3CCCCN3)sc2C)c1. The monoisotopic (exact) mass is 316 g/mol. The van der Waals surface area contributed by atoms with Crippen molar-refractivity contribution in [3.63, 3.8) is 0 Å². The minimum absolute atomic E-state index is 0.316. The lowest BCUT2D eigenvalue weighted by Gasteiger charge is -2.21. The number of carbonyl (C=O) groups is 1. The van der Waals surface area contributed by atoms with Crippen molar-refractivity contribution in [3.05, 3.63) is 39.7 Å². The van der Waals surface area contributed by atoms with Gasteiger partial charge in [0.25, 0.3) is 0 Å². The van der Waals surface area contributed by atoms with Crippen LogP contribution in [0.4, 0.5) is 0 Å². The van der Waals surface area contributed by atoms with Crippen molar-refractivity contribution in [1.29, 1.82) is 0 Å². The highest BCUT2D eigenvalue weighted by atomic mass is 32.1. The molecule has 2 aromatic rings. The maximum atomic E-state index is 11.7. The number of ether oxygens (including phenoxy) is 1. The zero-order chi connectivity index (χ0) is 15.5. The maximum Gasteiger partial charge on any atom is 0.337 e. The van der Waals surface area contributed by atoms with Gasteiger partial charge in [0.2, 0.25) is 0 Å². The van der Waals surface area contributed by atoms with E-state index in [4.69, 9.17) is 9.72 Å². The Morgan fingerprint density at radius 1 is 1.41 bits per heavy atom. The van der Waals surface area contributed by atoms with E-state index in [0.29, 0.717) is 11.6 Å². The van der Waals surface area contributed by atoms with Crippen LogP contribution in [0.5, 0.6) is 0 Å². The molecule has 22 heavy (non-hydrogen) atoms. The average Bonchev–Trinajstić information content (AvgIpc) is 2.97. The first-order chi connectivity index (χ1) is 10.7. The molecule has 0 amide bonds. The molecule has 1 atom stereocenters. The van der Waals surface area contributed by atoms with Gasteiger partial charge in [-0.25, -0.2) is 9.78 Å². The Labute approximate surface area is 134 Å². The Balaban J connectivity index is 1.91. The van der Waals surface area contributed by atoms with Gasteiger partial charge in [0.05, 0.1) is 24.4 Å². The van der Waals surface area contributed by atoms with Crippen molar-refractivity contribution in [1.82, 2.24) is 10.3 Å². The van der Waals surface area contributed by atoms with Gasteiger partial charge in [-0.15, -0.1) is 11.3 Å². The second-order valence-corrected chi connectivity index (χ2v) is 6.77. The van der Waals surface area contributed by atoms with E-state index in [1.54, 1.807) is 17.4 Å². The second kappa shape index (κ2) is 6.58. The first-order valence-corrected chi connectivity index (χ1v) is 8.40. The minimum Gasteiger partial charge on any atom is -0.465 e. The molecule has 0 spiro atoms. The van der Waals surface area contributed by atoms with Crippen molar-refractivity contribution >= 4 is 17.3 Å². The molecule has 1 aromatic heterocycles. The summed E-state index contributed by atoms with van der Waals surface area (Å²) in [5.74, 6) is -0.316. The quantitative estimate of drug-likeness (QED) is 0.877. The standard InChI is InChI=1S/C17H20N2O2S/c1-11-15(12-6-5-7-13(10-12)17(20)21-2)19-16(22-11)14-8-3-4-9-18-14/h5-7,10,14,18H,3-4,8-9H2,1-2H3/t14-/m1/s1. The first kappa shape index (κ1) is 15.2. The van der Waals surface area contributed by atoms with Crippen molar-refractivity contribution in [3.8, 4) is 11.3 Å². The number of hydrogen-bond acceptors (Lipinski definition) is 5. The molecule has 4 nitrogen and oxygen atoms in total. The molecule has 1 N–H and O–H groups in total. The molecule has 0 bridgehead atoms. The van der Waals surface area contributed by atoms with Crippen LogP contribution < -0.4 is 5.32 Å². The Bertz CT molecular complexity index is 675. The van der Waals surface area contributed by atoms with Crippen LogP contribution in [0.1, 0.15) is 45.5 Å². The molecule has 1 aliphatic heterocycles. The maximum absolute atomic E-state index is 11.7. The molecule has 116 valence electrons. The van der Waals surface area contributed by atoms with Crippen molar-refractivity contribution in [2.45, 2.75) is 32.2 Å². The van der Waals surface area contributed by atoms with Gasteiger partial charge in [-0.2, -0.15) is 0 Å². The molecular weight excluding hydrogens is 296 g/mol. The molecule has 1 aliphatic rings. The summed E-state index contributed by atoms with van der Waals surface area (Å²) >= 11 is 1.75. The predicted molar refractivity (Wildman–Crippen MR) is 88.2 cm³/mol. The number of carbonyl (C=O) groups excluding carboxylic acids is 1. The van der Waals surface area contributed by atoms with Crippen LogP contribution in [0.15, 0.2) is 24.3 Å². The van der Waals surface area contributed by atoms with Crippen LogP contribution >= 0.6 is 11.3 Å². The third-order valence-electron chi connectivity index (χ3n) is 3.98. The number of piperidine rings is 1. The number of aryl methyl sites for hydroxylation is 1. The van der Waals surface area contributed by atoms with Crippen molar-refractivity contribution in [2.24, 2.45) is 0 Å². The highest BCUT2D eigenvalue weighted by Gasteiger charge is 2.20. The fraction of sp³-hybridized carbons (Fsp3) is 0.412. The summed E-state index contributed by atoms with van der Waals surface area (Å²) in [6, 6.07) is 7.85. The average molecular weight is 316 g/mol. The van der Waals surface area contributed by atoms with Crippen LogP contribution in [0.25, 0.3) is 11.3 Å². The van der Waals surface area contributed by atoms with Gasteiger partial charge in [-0.1, -0.05) is 18.6 Å². The zero-order valence-electron chi connectivity index (χ0n) is 12.9. The normalized spacial score (nSPS) is 18.2. The number of rotatable bonds is 3. The number of hydrogen-bond donors (Lipinski definition) is 1. The number of nitrogens with zero attached hydrogens (tertiary/aromatic N) is 1. The van der Waals surface area contributed by atoms with Gasteiger partial charge in [0.1, 0.15) is 5.01 Å². The van der Waals surface area contributed by atoms with Gasteiger partial charge in [-0.05, 0) is 38.4 Å². The number of nitrogens with one attached hydrogen (secondary N) is 1. The van der Waals surface area contributed by atoms with Gasteiger partial charge in [0, 0.05) is 10.4 Å². The number of thiazole rings is 1. The van der Waals surface area contributed by atoms with Crippen LogP contribution in [-0.2, 0) is 4.74 Å². The smallest absolute Gasteiger partial charge is 0.337 e. The van der Waals surface area contributed by atoms with Gasteiger partial charge >= 0.3 is 5.97 Å². The first-order valence-electron chi connectivity index (χ1n) is 7.58. The summed E-state index contributed by atoms with van der Waals surface area (Å²) in [5.41, 5.74) is 2.50. The molecule has 1 saturated heterocycles. The van der Waals surface area contributed by atoms with E-state index in [9.17, 15) is 4.79 Å². The summed E-state index contributed by atoms with van der Waals surface area (Å²) in [6.07, 6.45) is 3.65. The van der Waals surface area contributed by atoms with E-state index in [1.165, 1.54) is 24.8 Å². The lowest BCUT2D eigenvalue weighted by molar-refractivity contribution is 0.0601. The topological polar surface area (TPSA) is 51.2 Å². The zero-order valence-corrected chi connectivity index (χ0v) is 13.7. The molecule has 0 unspecified atom stereocenters. The van der Waals surface area contributed by atoms with Crippen molar-refractivity contribution < 1.29 is 9.53 Å². The predicted octanol–water partition coefficient (Wildman–Crippen LogP) is 3.72. The number of benzene rings is 1. The number of aromatic nitrogens is 1. The summed E-state index contributed by atoms with van der Waals surface area (Å²) < 4.78 is 4.79. The molecule has 3 rings (SSSR count). The third kappa shape index (κ3) is 3.05. The fourth-order valence-corrected chi connectivity index (χ4v) is 3.86. The highest BCUT2D eigenvalue weighted by molar-refractivity contribution is 7.12. The highest BCUT2D eigenvalue weighted by Crippen LogP contribution is 2.33. The van der Waals surface area contributed by atoms with E-state index >= 15 is 0 Å². The molecule has 1 fully saturated rings. The van der Waals surface area contributed by atoms with Crippen molar-refractivity contribution in [2.75, 3.05) is 13.7 Å². The Morgan fingerprint density at radius 3 is 3.00 bits per heavy atom. The van der Waals surface area contributed by atoms with Crippen LogP contribution in [0.3, 0.4) is 0 Å². The van der Waals surface area contributed by atoms with E-state index in [0.717, 1.165) is 29.2 Å². The fourth-order valence-electron chi connectivity index (χ4n) is 2.81. The van der Waals surface area contributed by atoms with E-state index in [1.807, 2.05) is 18.2 Å². The Hall–Kier alpha value is -1.72. The molecule has 0 aliphatic carbocycles. The molecule has 2 heterocycles. The summed E-state index contributed by atoms with van der Waals surface area (Å²) in [7, 11) is 1.40. The minimum atomic E-state index is -0.316. The van der Waals surface area contributed by atoms with E-state index in [-0.39, 0.29) is 5.97 Å². The molecular formula is C17H20N2O2S. The number of esters is 1. The van der Waals surface area contributed by atoms with E-state index in [2.05, 4.69) is 12.2 Å². The number of methoxy groups -OCH3 is 1. The molecule has 1 aromatic carbocycles. The van der Waals surface area contributed by atoms with Gasteiger partial charge < -0.3 is 10.1 Å². The molecule has 0 radical (unpaired) electrons. The van der Waals surface area contributed by atoms with E-state index < -0.39 is 0 Å². The Morgan fingerprint density at radius 2 is 2.27 bits per heavy atom. The summed E-state index contributed by atoms with van der Waals surface area (Å²) in [4.78, 5) is 17.7. The van der Waals surface area contributed by atoms with Crippen LogP contribution in [0.2, 0.25) is 0 Å². The second-order valence-electron chi connectivity index (χ2n) is 5.53. The largest absolute Gasteiger partial charge is 0.465 e. The molecule has 5 heteroatoms. The lowest BCUT2D eigenvalue weighted by atomic mass is 10.1. The van der Waals surface area contributed by atoms with Crippen LogP contribution in [0, 0.1) is 6.92 Å².